The lowest BCUT2D eigenvalue weighted by molar-refractivity contribution is -0.150. The van der Waals surface area contributed by atoms with Crippen LogP contribution in [0.2, 0.25) is 0 Å². The lowest BCUT2D eigenvalue weighted by Gasteiger charge is -2.15. The fraction of sp³-hybridized carbons (Fsp3) is 0.238. The quantitative estimate of drug-likeness (QED) is 0.652. The van der Waals surface area contributed by atoms with E-state index in [1.54, 1.807) is 24.3 Å². The van der Waals surface area contributed by atoms with Gasteiger partial charge < -0.3 is 19.7 Å². The predicted molar refractivity (Wildman–Crippen MR) is 104 cm³/mol. The second kappa shape index (κ2) is 11.1. The molecule has 0 heterocycles. The fourth-order valence-corrected chi connectivity index (χ4v) is 2.20. The Kier molecular flexibility index (Phi) is 8.20. The number of carbonyl (C=O) groups excluding carboxylic acids is 3. The number of para-hydroxylation sites is 1. The second-order valence-electron chi connectivity index (χ2n) is 6.01. The Morgan fingerprint density at radius 2 is 1.69 bits per heavy atom. The van der Waals surface area contributed by atoms with Crippen molar-refractivity contribution >= 4 is 17.8 Å². The number of carbonyl (C=O) groups is 3. The average molecular weight is 395 g/mol. The van der Waals surface area contributed by atoms with Crippen LogP contribution in [0.3, 0.4) is 0 Å². The Hall–Kier alpha value is -3.86. The summed E-state index contributed by atoms with van der Waals surface area (Å²) in [6.45, 7) is -0.550. The number of hydrogen-bond acceptors (Lipinski definition) is 6. The number of nitriles is 1. The van der Waals surface area contributed by atoms with Crippen molar-refractivity contribution in [2.45, 2.75) is 6.42 Å². The summed E-state index contributed by atoms with van der Waals surface area (Å²) in [6.07, 6.45) is 0.196. The molecule has 2 aromatic carbocycles. The molecule has 8 heteroatoms. The minimum Gasteiger partial charge on any atom is -0.457 e. The molecule has 150 valence electrons. The minimum absolute atomic E-state index is 0.196. The van der Waals surface area contributed by atoms with Crippen molar-refractivity contribution in [1.29, 1.82) is 5.26 Å². The van der Waals surface area contributed by atoms with Crippen molar-refractivity contribution in [1.82, 2.24) is 10.2 Å². The van der Waals surface area contributed by atoms with Gasteiger partial charge in [-0.25, -0.2) is 0 Å². The molecule has 2 amide bonds. The molecule has 2 aromatic rings. The summed E-state index contributed by atoms with van der Waals surface area (Å²) >= 11 is 0. The number of benzene rings is 2. The summed E-state index contributed by atoms with van der Waals surface area (Å²) in [4.78, 5) is 36.8. The number of amides is 2. The Labute approximate surface area is 168 Å². The Balaban J connectivity index is 1.75. The number of hydrogen-bond donors (Lipinski definition) is 1. The number of nitrogens with one attached hydrogen (secondary N) is 1. The molecule has 2 rings (SSSR count). The van der Waals surface area contributed by atoms with Gasteiger partial charge in [-0.1, -0.05) is 18.2 Å². The van der Waals surface area contributed by atoms with E-state index in [0.717, 1.165) is 0 Å². The van der Waals surface area contributed by atoms with Crippen LogP contribution in [0.25, 0.3) is 0 Å². The van der Waals surface area contributed by atoms with E-state index in [0.29, 0.717) is 17.1 Å². The monoisotopic (exact) mass is 395 g/mol. The van der Waals surface area contributed by atoms with Gasteiger partial charge in [0.15, 0.2) is 6.61 Å². The number of likely N-dealkylation sites (N-methyl/N-ethyl adjacent to an activating group) is 1. The first-order valence-electron chi connectivity index (χ1n) is 8.87. The molecule has 0 saturated carbocycles. The number of nitrogens with zero attached hydrogens (tertiary/aromatic N) is 2. The summed E-state index contributed by atoms with van der Waals surface area (Å²) in [5.74, 6) is -0.351. The van der Waals surface area contributed by atoms with E-state index in [2.05, 4.69) is 5.32 Å². The maximum absolute atomic E-state index is 12.1. The zero-order chi connectivity index (χ0) is 21.1. The van der Waals surface area contributed by atoms with Crippen molar-refractivity contribution in [2.75, 3.05) is 26.7 Å². The van der Waals surface area contributed by atoms with E-state index in [9.17, 15) is 14.4 Å². The highest BCUT2D eigenvalue weighted by Gasteiger charge is 2.13. The van der Waals surface area contributed by atoms with Gasteiger partial charge in [0.05, 0.1) is 12.5 Å². The van der Waals surface area contributed by atoms with E-state index in [4.69, 9.17) is 14.7 Å². The normalized spacial score (nSPS) is 9.79. The average Bonchev–Trinajstić information content (AvgIpc) is 2.75. The van der Waals surface area contributed by atoms with E-state index >= 15 is 0 Å². The molecule has 1 N–H and O–H groups in total. The Morgan fingerprint density at radius 1 is 1.03 bits per heavy atom. The highest BCUT2D eigenvalue weighted by molar-refractivity contribution is 5.96. The van der Waals surface area contributed by atoms with Crippen LogP contribution in [-0.4, -0.2) is 49.4 Å². The molecule has 0 unspecified atom stereocenters. The van der Waals surface area contributed by atoms with Gasteiger partial charge in [0.25, 0.3) is 11.8 Å². The number of ether oxygens (including phenoxy) is 2. The van der Waals surface area contributed by atoms with Gasteiger partial charge in [0, 0.05) is 19.2 Å². The minimum atomic E-state index is -0.732. The molecule has 0 aliphatic carbocycles. The zero-order valence-electron chi connectivity index (χ0n) is 16.0. The van der Waals surface area contributed by atoms with Gasteiger partial charge in [-0.05, 0) is 36.4 Å². The Bertz CT molecular complexity index is 875. The van der Waals surface area contributed by atoms with Gasteiger partial charge in [0.1, 0.15) is 18.0 Å². The zero-order valence-corrected chi connectivity index (χ0v) is 16.0. The van der Waals surface area contributed by atoms with Crippen LogP contribution in [0.5, 0.6) is 11.5 Å². The van der Waals surface area contributed by atoms with Crippen LogP contribution in [-0.2, 0) is 14.3 Å². The van der Waals surface area contributed by atoms with Crippen molar-refractivity contribution in [3.05, 3.63) is 60.2 Å². The van der Waals surface area contributed by atoms with E-state index in [-0.39, 0.29) is 19.5 Å². The first-order chi connectivity index (χ1) is 14.0. The molecule has 0 fully saturated rings. The molecular formula is C21H21N3O5. The first kappa shape index (κ1) is 21.4. The Morgan fingerprint density at radius 3 is 2.34 bits per heavy atom. The van der Waals surface area contributed by atoms with Gasteiger partial charge in [0.2, 0.25) is 0 Å². The third-order valence-corrected chi connectivity index (χ3v) is 3.83. The van der Waals surface area contributed by atoms with E-state index in [1.165, 1.54) is 11.9 Å². The van der Waals surface area contributed by atoms with Gasteiger partial charge >= 0.3 is 5.97 Å². The van der Waals surface area contributed by atoms with Crippen molar-refractivity contribution < 1.29 is 23.9 Å². The second-order valence-corrected chi connectivity index (χ2v) is 6.01. The van der Waals surface area contributed by atoms with Crippen LogP contribution in [0.1, 0.15) is 16.8 Å². The number of rotatable bonds is 9. The molecule has 0 atom stereocenters. The highest BCUT2D eigenvalue weighted by atomic mass is 16.5. The molecule has 0 aliphatic heterocycles. The summed E-state index contributed by atoms with van der Waals surface area (Å²) < 4.78 is 10.5. The van der Waals surface area contributed by atoms with Crippen LogP contribution in [0.4, 0.5) is 0 Å². The summed E-state index contributed by atoms with van der Waals surface area (Å²) in [6, 6.07) is 17.6. The molecule has 0 spiro atoms. The van der Waals surface area contributed by atoms with E-state index in [1.807, 2.05) is 36.4 Å². The topological polar surface area (TPSA) is 109 Å². The molecule has 0 aromatic heterocycles. The first-order valence-corrected chi connectivity index (χ1v) is 8.87. The summed E-state index contributed by atoms with van der Waals surface area (Å²) in [5.41, 5.74) is 0.352. The highest BCUT2D eigenvalue weighted by Crippen LogP contribution is 2.21. The van der Waals surface area contributed by atoms with Gasteiger partial charge in [-0.3, -0.25) is 14.4 Å². The van der Waals surface area contributed by atoms with Gasteiger partial charge in [-0.2, -0.15) is 5.26 Å². The molecule has 0 bridgehead atoms. The van der Waals surface area contributed by atoms with E-state index < -0.39 is 24.4 Å². The third-order valence-electron chi connectivity index (χ3n) is 3.83. The molecule has 0 radical (unpaired) electrons. The molecular weight excluding hydrogens is 374 g/mol. The SMILES string of the molecule is CN(CCC#N)C(=O)COC(=O)CNC(=O)c1ccc(Oc2ccccc2)cc1. The van der Waals surface area contributed by atoms with Crippen LogP contribution >= 0.6 is 0 Å². The number of esters is 1. The van der Waals surface area contributed by atoms with Crippen molar-refractivity contribution in [2.24, 2.45) is 0 Å². The van der Waals surface area contributed by atoms with Crippen LogP contribution < -0.4 is 10.1 Å². The van der Waals surface area contributed by atoms with Crippen LogP contribution in [0, 0.1) is 11.3 Å². The third kappa shape index (κ3) is 7.34. The maximum atomic E-state index is 12.1. The van der Waals surface area contributed by atoms with Crippen molar-refractivity contribution in [3.63, 3.8) is 0 Å². The fourth-order valence-electron chi connectivity index (χ4n) is 2.20. The largest absolute Gasteiger partial charge is 0.457 e. The molecule has 8 nitrogen and oxygen atoms in total. The smallest absolute Gasteiger partial charge is 0.325 e. The van der Waals surface area contributed by atoms with Gasteiger partial charge in [-0.15, -0.1) is 0 Å². The molecule has 0 aliphatic rings. The summed E-state index contributed by atoms with van der Waals surface area (Å²) in [7, 11) is 1.51. The standard InChI is InChI=1S/C21H21N3O5/c1-24(13-5-12-22)19(25)15-28-20(26)14-23-21(27)16-8-10-18(11-9-16)29-17-6-3-2-4-7-17/h2-4,6-11H,5,13-15H2,1H3,(H,23,27). The lowest BCUT2D eigenvalue weighted by Crippen LogP contribution is -2.35. The predicted octanol–water partition coefficient (Wildman–Crippen LogP) is 2.12. The molecule has 29 heavy (non-hydrogen) atoms. The molecule has 0 saturated heterocycles. The van der Waals surface area contributed by atoms with Crippen molar-refractivity contribution in [3.8, 4) is 17.6 Å². The maximum Gasteiger partial charge on any atom is 0.325 e. The lowest BCUT2D eigenvalue weighted by atomic mass is 10.2. The summed E-state index contributed by atoms with van der Waals surface area (Å²) in [5, 5.41) is 10.9. The van der Waals surface area contributed by atoms with Crippen LogP contribution in [0.15, 0.2) is 54.6 Å².